The summed E-state index contributed by atoms with van der Waals surface area (Å²) < 4.78 is 15.9. The summed E-state index contributed by atoms with van der Waals surface area (Å²) in [5, 5.41) is 9.03. The van der Waals surface area contributed by atoms with Gasteiger partial charge in [-0.1, -0.05) is 24.0 Å². The monoisotopic (exact) mass is 298 g/mol. The average molecular weight is 298 g/mol. The average Bonchev–Trinajstić information content (AvgIpc) is 2.59. The van der Waals surface area contributed by atoms with Crippen molar-refractivity contribution in [3.63, 3.8) is 0 Å². The van der Waals surface area contributed by atoms with Crippen LogP contribution < -0.4 is 14.2 Å². The number of hydrogen-bond donors (Lipinski definition) is 1. The molecule has 0 radical (unpaired) electrons. The van der Waals surface area contributed by atoms with Gasteiger partial charge in [-0.15, -0.1) is 0 Å². The predicted molar refractivity (Wildman–Crippen MR) is 84.4 cm³/mol. The summed E-state index contributed by atoms with van der Waals surface area (Å²) in [5.74, 6) is 7.83. The van der Waals surface area contributed by atoms with Crippen molar-refractivity contribution >= 4 is 0 Å². The van der Waals surface area contributed by atoms with Crippen molar-refractivity contribution in [3.05, 3.63) is 53.1 Å². The summed E-state index contributed by atoms with van der Waals surface area (Å²) in [7, 11) is 4.71. The molecule has 0 aliphatic heterocycles. The summed E-state index contributed by atoms with van der Waals surface area (Å²) in [6.07, 6.45) is 0. The molecule has 4 heteroatoms. The third-order valence-corrected chi connectivity index (χ3v) is 3.15. The molecule has 1 N–H and O–H groups in total. The normalized spacial score (nSPS) is 9.64. The van der Waals surface area contributed by atoms with Gasteiger partial charge >= 0.3 is 0 Å². The highest BCUT2D eigenvalue weighted by Gasteiger charge is 2.12. The van der Waals surface area contributed by atoms with Gasteiger partial charge in [-0.2, -0.15) is 0 Å². The zero-order valence-electron chi connectivity index (χ0n) is 12.8. The highest BCUT2D eigenvalue weighted by atomic mass is 16.5. The minimum absolute atomic E-state index is 0.0284. The van der Waals surface area contributed by atoms with Crippen LogP contribution in [0.3, 0.4) is 0 Å². The molecule has 0 aromatic heterocycles. The summed E-state index contributed by atoms with van der Waals surface area (Å²) >= 11 is 0. The number of aliphatic hydroxyl groups excluding tert-OH is 1. The smallest absolute Gasteiger partial charge is 0.203 e. The first-order valence-electron chi connectivity index (χ1n) is 6.73. The maximum absolute atomic E-state index is 9.03. The molecule has 2 aromatic carbocycles. The van der Waals surface area contributed by atoms with E-state index in [2.05, 4.69) is 11.8 Å². The summed E-state index contributed by atoms with van der Waals surface area (Å²) in [4.78, 5) is 0. The molecule has 0 heterocycles. The topological polar surface area (TPSA) is 47.9 Å². The van der Waals surface area contributed by atoms with E-state index in [9.17, 15) is 0 Å². The van der Waals surface area contributed by atoms with Crippen LogP contribution in [0, 0.1) is 11.8 Å². The van der Waals surface area contributed by atoms with Gasteiger partial charge in [0.1, 0.15) is 0 Å². The first-order chi connectivity index (χ1) is 10.7. The second-order valence-electron chi connectivity index (χ2n) is 4.52. The van der Waals surface area contributed by atoms with Gasteiger partial charge in [-0.05, 0) is 29.8 Å². The second-order valence-corrected chi connectivity index (χ2v) is 4.52. The molecule has 0 spiro atoms. The van der Waals surface area contributed by atoms with Gasteiger partial charge in [0.15, 0.2) is 11.5 Å². The van der Waals surface area contributed by atoms with Crippen molar-refractivity contribution in [1.29, 1.82) is 0 Å². The van der Waals surface area contributed by atoms with Gasteiger partial charge in [-0.25, -0.2) is 0 Å². The van der Waals surface area contributed by atoms with Crippen molar-refractivity contribution in [3.8, 4) is 29.1 Å². The largest absolute Gasteiger partial charge is 0.493 e. The van der Waals surface area contributed by atoms with Crippen LogP contribution in [0.15, 0.2) is 36.4 Å². The summed E-state index contributed by atoms with van der Waals surface area (Å²) in [6.45, 7) is 0.0284. The van der Waals surface area contributed by atoms with Crippen molar-refractivity contribution in [2.45, 2.75) is 6.61 Å². The van der Waals surface area contributed by atoms with Gasteiger partial charge < -0.3 is 19.3 Å². The van der Waals surface area contributed by atoms with Crippen LogP contribution in [0.5, 0.6) is 17.2 Å². The lowest BCUT2D eigenvalue weighted by Gasteiger charge is -2.12. The SMILES string of the molecule is COc1cc(C#Cc2ccc(CO)cc2)cc(OC)c1OC. The zero-order chi connectivity index (χ0) is 15.9. The van der Waals surface area contributed by atoms with Gasteiger partial charge in [0, 0.05) is 11.1 Å². The zero-order valence-corrected chi connectivity index (χ0v) is 12.8. The van der Waals surface area contributed by atoms with E-state index in [0.29, 0.717) is 17.2 Å². The molecule has 2 rings (SSSR count). The highest BCUT2D eigenvalue weighted by molar-refractivity contribution is 5.58. The fourth-order valence-electron chi connectivity index (χ4n) is 1.99. The van der Waals surface area contributed by atoms with E-state index in [-0.39, 0.29) is 6.61 Å². The van der Waals surface area contributed by atoms with Gasteiger partial charge in [0.2, 0.25) is 5.75 Å². The van der Waals surface area contributed by atoms with Gasteiger partial charge in [0.05, 0.1) is 27.9 Å². The molecule has 22 heavy (non-hydrogen) atoms. The molecule has 0 unspecified atom stereocenters. The Morgan fingerprint density at radius 2 is 1.36 bits per heavy atom. The fourth-order valence-corrected chi connectivity index (χ4v) is 1.99. The maximum atomic E-state index is 9.03. The van der Waals surface area contributed by atoms with E-state index in [1.54, 1.807) is 33.5 Å². The fraction of sp³-hybridized carbons (Fsp3) is 0.222. The molecule has 0 aliphatic carbocycles. The molecule has 0 aliphatic rings. The number of methoxy groups -OCH3 is 3. The Hall–Kier alpha value is -2.64. The maximum Gasteiger partial charge on any atom is 0.203 e. The molecule has 114 valence electrons. The standard InChI is InChI=1S/C18H18O4/c1-20-16-10-15(11-17(21-2)18(16)22-3)9-6-13-4-7-14(12-19)8-5-13/h4-5,7-8,10-11,19H,12H2,1-3H3. The Kier molecular flexibility index (Phi) is 5.29. The third-order valence-electron chi connectivity index (χ3n) is 3.15. The Balaban J connectivity index is 2.35. The van der Waals surface area contributed by atoms with Crippen LogP contribution in [0.25, 0.3) is 0 Å². The van der Waals surface area contributed by atoms with Crippen LogP contribution in [-0.2, 0) is 6.61 Å². The Labute approximate surface area is 130 Å². The first kappa shape index (κ1) is 15.7. The highest BCUT2D eigenvalue weighted by Crippen LogP contribution is 2.37. The Morgan fingerprint density at radius 3 is 1.82 bits per heavy atom. The van der Waals surface area contributed by atoms with Crippen molar-refractivity contribution in [2.24, 2.45) is 0 Å². The lowest BCUT2D eigenvalue weighted by molar-refractivity contribution is 0.282. The van der Waals surface area contributed by atoms with E-state index in [1.807, 2.05) is 24.3 Å². The molecular weight excluding hydrogens is 280 g/mol. The number of hydrogen-bond acceptors (Lipinski definition) is 4. The predicted octanol–water partition coefficient (Wildman–Crippen LogP) is 2.60. The van der Waals surface area contributed by atoms with E-state index >= 15 is 0 Å². The number of rotatable bonds is 4. The minimum atomic E-state index is 0.0284. The van der Waals surface area contributed by atoms with Gasteiger partial charge in [-0.3, -0.25) is 0 Å². The van der Waals surface area contributed by atoms with Crippen LogP contribution in [-0.4, -0.2) is 26.4 Å². The summed E-state index contributed by atoms with van der Waals surface area (Å²) in [6, 6.07) is 11.0. The molecule has 2 aromatic rings. The van der Waals surface area contributed by atoms with Crippen molar-refractivity contribution in [2.75, 3.05) is 21.3 Å². The molecular formula is C18H18O4. The molecule has 0 fully saturated rings. The second kappa shape index (κ2) is 7.39. The lowest BCUT2D eigenvalue weighted by Crippen LogP contribution is -1.95. The van der Waals surface area contributed by atoms with E-state index in [1.165, 1.54) is 0 Å². The van der Waals surface area contributed by atoms with Crippen molar-refractivity contribution in [1.82, 2.24) is 0 Å². The summed E-state index contributed by atoms with van der Waals surface area (Å²) in [5.41, 5.74) is 2.49. The van der Waals surface area contributed by atoms with E-state index < -0.39 is 0 Å². The Bertz CT molecular complexity index is 668. The number of ether oxygens (including phenoxy) is 3. The molecule has 0 saturated heterocycles. The van der Waals surface area contributed by atoms with Crippen LogP contribution in [0.4, 0.5) is 0 Å². The number of aliphatic hydroxyl groups is 1. The molecule has 0 atom stereocenters. The third kappa shape index (κ3) is 3.51. The quantitative estimate of drug-likeness (QED) is 0.882. The van der Waals surface area contributed by atoms with Crippen molar-refractivity contribution < 1.29 is 19.3 Å². The van der Waals surface area contributed by atoms with Crippen LogP contribution in [0.2, 0.25) is 0 Å². The van der Waals surface area contributed by atoms with Crippen LogP contribution >= 0.6 is 0 Å². The number of benzene rings is 2. The molecule has 4 nitrogen and oxygen atoms in total. The Morgan fingerprint density at radius 1 is 0.818 bits per heavy atom. The van der Waals surface area contributed by atoms with Gasteiger partial charge in [0.25, 0.3) is 0 Å². The molecule has 0 saturated carbocycles. The minimum Gasteiger partial charge on any atom is -0.493 e. The molecule has 0 bridgehead atoms. The van der Waals surface area contributed by atoms with E-state index in [4.69, 9.17) is 19.3 Å². The first-order valence-corrected chi connectivity index (χ1v) is 6.73. The molecule has 0 amide bonds. The van der Waals surface area contributed by atoms with Crippen LogP contribution in [0.1, 0.15) is 16.7 Å². The van der Waals surface area contributed by atoms with E-state index in [0.717, 1.165) is 16.7 Å². The lowest BCUT2D eigenvalue weighted by atomic mass is 10.1.